The second-order valence-corrected chi connectivity index (χ2v) is 7.05. The number of nitrogens with zero attached hydrogens (tertiary/aromatic N) is 3. The molecule has 3 aromatic rings. The van der Waals surface area contributed by atoms with E-state index in [4.69, 9.17) is 27.9 Å². The molecule has 0 aliphatic heterocycles. The minimum absolute atomic E-state index is 0.553. The van der Waals surface area contributed by atoms with E-state index in [0.29, 0.717) is 23.2 Å². The molecular weight excluding hydrogens is 389 g/mol. The lowest BCUT2D eigenvalue weighted by atomic mass is 10.2. The lowest BCUT2D eigenvalue weighted by molar-refractivity contribution is 0.207. The monoisotopic (exact) mass is 405 g/mol. The zero-order valence-electron chi connectivity index (χ0n) is 14.1. The number of thiazole rings is 1. The van der Waals surface area contributed by atoms with E-state index in [1.165, 1.54) is 11.3 Å². The van der Waals surface area contributed by atoms with E-state index in [1.807, 2.05) is 47.8 Å². The van der Waals surface area contributed by atoms with Gasteiger partial charge >= 0.3 is 0 Å². The van der Waals surface area contributed by atoms with Gasteiger partial charge in [-0.15, -0.1) is 11.3 Å². The zero-order valence-corrected chi connectivity index (χ0v) is 16.4. The van der Waals surface area contributed by atoms with Gasteiger partial charge in [0, 0.05) is 23.1 Å². The zero-order chi connectivity index (χ0) is 18.4. The van der Waals surface area contributed by atoms with E-state index in [-0.39, 0.29) is 0 Å². The van der Waals surface area contributed by atoms with Gasteiger partial charge in [-0.3, -0.25) is 4.99 Å². The van der Waals surface area contributed by atoms with Crippen molar-refractivity contribution in [3.05, 3.63) is 74.3 Å². The predicted molar refractivity (Wildman–Crippen MR) is 110 cm³/mol. The van der Waals surface area contributed by atoms with Crippen molar-refractivity contribution in [1.29, 1.82) is 0 Å². The first-order valence-corrected chi connectivity index (χ1v) is 9.57. The van der Waals surface area contributed by atoms with Crippen molar-refractivity contribution in [1.82, 2.24) is 4.68 Å². The van der Waals surface area contributed by atoms with Crippen LogP contribution in [-0.4, -0.2) is 31.2 Å². The summed E-state index contributed by atoms with van der Waals surface area (Å²) in [4.78, 5) is 5.35. The molecule has 3 rings (SSSR count). The molecule has 7 heteroatoms. The van der Waals surface area contributed by atoms with Gasteiger partial charge in [-0.1, -0.05) is 53.5 Å². The highest BCUT2D eigenvalue weighted by Crippen LogP contribution is 2.30. The Morgan fingerprint density at radius 2 is 1.96 bits per heavy atom. The standard InChI is InChI=1S/C19H17Cl2N3OS/c1-25-10-9-22-19-24(23-12-14-5-3-2-4-6-14)18(13-26-19)16-8-7-15(20)11-17(16)21/h2-8,11-13H,9-10H2,1H3/b22-19?,23-12-. The molecule has 2 aromatic carbocycles. The van der Waals surface area contributed by atoms with E-state index in [9.17, 15) is 0 Å². The van der Waals surface area contributed by atoms with Crippen LogP contribution in [0.5, 0.6) is 0 Å². The first-order chi connectivity index (χ1) is 12.7. The van der Waals surface area contributed by atoms with Crippen LogP contribution in [-0.2, 0) is 4.74 Å². The molecule has 0 bridgehead atoms. The van der Waals surface area contributed by atoms with E-state index in [2.05, 4.69) is 10.1 Å². The second-order valence-electron chi connectivity index (χ2n) is 5.37. The Hall–Kier alpha value is -1.92. The Bertz CT molecular complexity index is 964. The minimum Gasteiger partial charge on any atom is -0.383 e. The molecule has 26 heavy (non-hydrogen) atoms. The molecule has 0 amide bonds. The Morgan fingerprint density at radius 3 is 2.69 bits per heavy atom. The van der Waals surface area contributed by atoms with Crippen molar-refractivity contribution in [2.45, 2.75) is 0 Å². The third-order valence-electron chi connectivity index (χ3n) is 3.56. The van der Waals surface area contributed by atoms with Crippen LogP contribution in [0.1, 0.15) is 5.56 Å². The molecule has 0 unspecified atom stereocenters. The molecule has 0 aliphatic rings. The molecule has 0 saturated heterocycles. The van der Waals surface area contributed by atoms with E-state index < -0.39 is 0 Å². The van der Waals surface area contributed by atoms with Crippen LogP contribution in [0, 0.1) is 0 Å². The summed E-state index contributed by atoms with van der Waals surface area (Å²) in [5, 5.41) is 7.79. The van der Waals surface area contributed by atoms with Gasteiger partial charge in [0.25, 0.3) is 0 Å². The summed E-state index contributed by atoms with van der Waals surface area (Å²) in [6.07, 6.45) is 1.80. The van der Waals surface area contributed by atoms with E-state index in [0.717, 1.165) is 21.6 Å². The maximum atomic E-state index is 6.39. The first-order valence-electron chi connectivity index (χ1n) is 7.94. The molecule has 0 N–H and O–H groups in total. The van der Waals surface area contributed by atoms with Gasteiger partial charge in [0.15, 0.2) is 0 Å². The maximum absolute atomic E-state index is 6.39. The number of aromatic nitrogens is 1. The molecule has 0 saturated carbocycles. The lowest BCUT2D eigenvalue weighted by Gasteiger charge is -2.06. The summed E-state index contributed by atoms with van der Waals surface area (Å²) >= 11 is 13.9. The topological polar surface area (TPSA) is 38.9 Å². The average molecular weight is 406 g/mol. The van der Waals surface area contributed by atoms with Gasteiger partial charge in [-0.05, 0) is 23.8 Å². The third-order valence-corrected chi connectivity index (χ3v) is 4.96. The SMILES string of the molecule is COCCN=c1scc(-c2ccc(Cl)cc2Cl)n1/N=C\c1ccccc1. The van der Waals surface area contributed by atoms with Crippen LogP contribution < -0.4 is 4.80 Å². The number of benzene rings is 2. The first kappa shape index (κ1) is 18.9. The molecule has 0 radical (unpaired) electrons. The highest BCUT2D eigenvalue weighted by Gasteiger charge is 2.11. The lowest BCUT2D eigenvalue weighted by Crippen LogP contribution is -2.13. The molecule has 0 atom stereocenters. The average Bonchev–Trinajstić information content (AvgIpc) is 3.04. The maximum Gasteiger partial charge on any atom is 0.206 e. The highest BCUT2D eigenvalue weighted by molar-refractivity contribution is 7.07. The summed E-state index contributed by atoms with van der Waals surface area (Å²) in [5.41, 5.74) is 2.72. The van der Waals surface area contributed by atoms with Crippen LogP contribution in [0.4, 0.5) is 0 Å². The van der Waals surface area contributed by atoms with Crippen molar-refractivity contribution in [3.8, 4) is 11.3 Å². The number of hydrogen-bond donors (Lipinski definition) is 0. The van der Waals surface area contributed by atoms with Crippen LogP contribution in [0.3, 0.4) is 0 Å². The largest absolute Gasteiger partial charge is 0.383 e. The number of hydrogen-bond acceptors (Lipinski definition) is 4. The van der Waals surface area contributed by atoms with Crippen molar-refractivity contribution >= 4 is 40.8 Å². The molecule has 134 valence electrons. The van der Waals surface area contributed by atoms with Crippen molar-refractivity contribution in [2.24, 2.45) is 10.1 Å². The molecule has 4 nitrogen and oxygen atoms in total. The van der Waals surface area contributed by atoms with Crippen LogP contribution in [0.2, 0.25) is 10.0 Å². The second kappa shape index (κ2) is 9.14. The normalized spacial score (nSPS) is 12.2. The highest BCUT2D eigenvalue weighted by atomic mass is 35.5. The predicted octanol–water partition coefficient (Wildman–Crippen LogP) is 4.95. The molecule has 1 aromatic heterocycles. The Kier molecular flexibility index (Phi) is 6.63. The van der Waals surface area contributed by atoms with Crippen molar-refractivity contribution in [3.63, 3.8) is 0 Å². The minimum atomic E-state index is 0.553. The van der Waals surface area contributed by atoms with Crippen molar-refractivity contribution in [2.75, 3.05) is 20.3 Å². The van der Waals surface area contributed by atoms with Gasteiger partial charge in [-0.25, -0.2) is 4.68 Å². The van der Waals surface area contributed by atoms with E-state index in [1.54, 1.807) is 24.1 Å². The molecule has 1 heterocycles. The number of halogens is 2. The Labute approximate surface area is 166 Å². The fourth-order valence-corrected chi connectivity index (χ4v) is 3.66. The van der Waals surface area contributed by atoms with Gasteiger partial charge in [0.2, 0.25) is 4.80 Å². The summed E-state index contributed by atoms with van der Waals surface area (Å²) in [5.74, 6) is 0. The summed E-state index contributed by atoms with van der Waals surface area (Å²) in [6, 6.07) is 15.3. The Morgan fingerprint density at radius 1 is 1.15 bits per heavy atom. The summed E-state index contributed by atoms with van der Waals surface area (Å²) in [6.45, 7) is 1.11. The summed E-state index contributed by atoms with van der Waals surface area (Å²) < 4.78 is 6.88. The van der Waals surface area contributed by atoms with Crippen molar-refractivity contribution < 1.29 is 4.74 Å². The van der Waals surface area contributed by atoms with Gasteiger partial charge in [0.05, 0.1) is 30.1 Å². The number of rotatable bonds is 6. The molecule has 0 spiro atoms. The quantitative estimate of drug-likeness (QED) is 0.422. The fourth-order valence-electron chi connectivity index (χ4n) is 2.30. The third kappa shape index (κ3) is 4.62. The number of ether oxygens (including phenoxy) is 1. The molecule has 0 fully saturated rings. The fraction of sp³-hybridized carbons (Fsp3) is 0.158. The molecular formula is C19H17Cl2N3OS. The smallest absolute Gasteiger partial charge is 0.206 e. The molecule has 0 aliphatic carbocycles. The van der Waals surface area contributed by atoms with Crippen LogP contribution in [0.25, 0.3) is 11.3 Å². The van der Waals surface area contributed by atoms with Gasteiger partial charge < -0.3 is 4.74 Å². The summed E-state index contributed by atoms with van der Waals surface area (Å²) in [7, 11) is 1.66. The van der Waals surface area contributed by atoms with Crippen LogP contribution >= 0.6 is 34.5 Å². The Balaban J connectivity index is 2.07. The van der Waals surface area contributed by atoms with Gasteiger partial charge in [0.1, 0.15) is 0 Å². The number of methoxy groups -OCH3 is 1. The van der Waals surface area contributed by atoms with Crippen LogP contribution in [0.15, 0.2) is 64.0 Å². The van der Waals surface area contributed by atoms with E-state index >= 15 is 0 Å². The van der Waals surface area contributed by atoms with Gasteiger partial charge in [-0.2, -0.15) is 5.10 Å².